The minimum Gasteiger partial charge on any atom is -0.490 e. The predicted molar refractivity (Wildman–Crippen MR) is 99.2 cm³/mol. The molecule has 0 aliphatic carbocycles. The molecule has 0 aliphatic rings. The molecule has 1 amide bonds. The van der Waals surface area contributed by atoms with Crippen LogP contribution in [0.1, 0.15) is 18.9 Å². The molecule has 2 aromatic carbocycles. The first kappa shape index (κ1) is 21.0. The average molecular weight is 399 g/mol. The molecule has 2 rings (SSSR count). The fourth-order valence-corrected chi connectivity index (χ4v) is 2.83. The van der Waals surface area contributed by atoms with Gasteiger partial charge in [0.25, 0.3) is 0 Å². The number of thioether (sulfide) groups is 1. The van der Waals surface area contributed by atoms with Crippen LogP contribution in [0.15, 0.2) is 53.4 Å². The number of benzene rings is 2. The van der Waals surface area contributed by atoms with Crippen LogP contribution in [0.2, 0.25) is 0 Å². The van der Waals surface area contributed by atoms with E-state index in [4.69, 9.17) is 9.47 Å². The van der Waals surface area contributed by atoms with Gasteiger partial charge in [0.15, 0.2) is 0 Å². The Labute approximate surface area is 160 Å². The third-order valence-electron chi connectivity index (χ3n) is 3.50. The van der Waals surface area contributed by atoms with Crippen molar-refractivity contribution in [3.63, 3.8) is 0 Å². The van der Waals surface area contributed by atoms with Crippen molar-refractivity contribution < 1.29 is 27.4 Å². The number of nitrogens with one attached hydrogen (secondary N) is 1. The molecule has 0 aromatic heterocycles. The molecule has 0 saturated carbocycles. The largest absolute Gasteiger partial charge is 0.490 e. The fourth-order valence-electron chi connectivity index (χ4n) is 2.20. The predicted octanol–water partition coefficient (Wildman–Crippen LogP) is 6.01. The number of carbonyl (C=O) groups excluding carboxylic acids is 1. The molecule has 0 saturated heterocycles. The molecule has 0 spiro atoms. The molecule has 146 valence electrons. The Morgan fingerprint density at radius 1 is 1.19 bits per heavy atom. The SMILES string of the molecule is CCC(COc1cccc(C)c1)OC(=O)Nc1ccccc1SC(F)(F)F. The van der Waals surface area contributed by atoms with Gasteiger partial charge in [-0.3, -0.25) is 5.32 Å². The lowest BCUT2D eigenvalue weighted by Gasteiger charge is -2.18. The summed E-state index contributed by atoms with van der Waals surface area (Å²) in [6, 6.07) is 13.1. The van der Waals surface area contributed by atoms with Gasteiger partial charge in [0.2, 0.25) is 0 Å². The van der Waals surface area contributed by atoms with Gasteiger partial charge in [0.1, 0.15) is 18.5 Å². The number of aryl methyl sites for hydroxylation is 1. The van der Waals surface area contributed by atoms with E-state index < -0.39 is 17.7 Å². The van der Waals surface area contributed by atoms with Crippen LogP contribution >= 0.6 is 11.8 Å². The van der Waals surface area contributed by atoms with Crippen LogP contribution in [0.4, 0.5) is 23.7 Å². The van der Waals surface area contributed by atoms with E-state index in [9.17, 15) is 18.0 Å². The second kappa shape index (κ2) is 9.55. The topological polar surface area (TPSA) is 47.6 Å². The van der Waals surface area contributed by atoms with Crippen LogP contribution in [0.3, 0.4) is 0 Å². The Morgan fingerprint density at radius 2 is 1.93 bits per heavy atom. The highest BCUT2D eigenvalue weighted by atomic mass is 32.2. The normalized spacial score (nSPS) is 12.3. The molecule has 0 bridgehead atoms. The lowest BCUT2D eigenvalue weighted by atomic mass is 10.2. The first-order valence-corrected chi connectivity index (χ1v) is 9.10. The highest BCUT2D eigenvalue weighted by molar-refractivity contribution is 8.00. The molecule has 0 aliphatic heterocycles. The van der Waals surface area contributed by atoms with Crippen LogP contribution < -0.4 is 10.1 Å². The lowest BCUT2D eigenvalue weighted by Crippen LogP contribution is -2.27. The van der Waals surface area contributed by atoms with Gasteiger partial charge in [-0.15, -0.1) is 0 Å². The quantitative estimate of drug-likeness (QED) is 0.579. The molecular formula is C19H20F3NO3S. The standard InChI is InChI=1S/C19H20F3NO3S/c1-3-14(12-25-15-8-6-7-13(2)11-15)26-18(24)23-16-9-4-5-10-17(16)27-19(20,21)22/h4-11,14H,3,12H2,1-2H3,(H,23,24). The summed E-state index contributed by atoms with van der Waals surface area (Å²) in [5, 5.41) is 2.37. The minimum absolute atomic E-state index is 0.0410. The number of halogens is 3. The molecule has 2 aromatic rings. The van der Waals surface area contributed by atoms with Crippen molar-refractivity contribution in [2.45, 2.75) is 36.8 Å². The third kappa shape index (κ3) is 7.42. The van der Waals surface area contributed by atoms with Crippen molar-refractivity contribution >= 4 is 23.5 Å². The summed E-state index contributed by atoms with van der Waals surface area (Å²) in [6.07, 6.45) is -0.865. The van der Waals surface area contributed by atoms with Gasteiger partial charge in [-0.2, -0.15) is 13.2 Å². The van der Waals surface area contributed by atoms with Crippen molar-refractivity contribution in [1.29, 1.82) is 0 Å². The molecule has 27 heavy (non-hydrogen) atoms. The van der Waals surface area contributed by atoms with Crippen molar-refractivity contribution in [2.75, 3.05) is 11.9 Å². The van der Waals surface area contributed by atoms with Gasteiger partial charge in [0, 0.05) is 4.90 Å². The summed E-state index contributed by atoms with van der Waals surface area (Å²) in [6.45, 7) is 3.90. The Kier molecular flexibility index (Phi) is 7.41. The van der Waals surface area contributed by atoms with Gasteiger partial charge in [-0.25, -0.2) is 4.79 Å². The first-order valence-electron chi connectivity index (χ1n) is 8.28. The second-order valence-electron chi connectivity index (χ2n) is 5.73. The Bertz CT molecular complexity index is 768. The number of hydrogen-bond acceptors (Lipinski definition) is 4. The van der Waals surface area contributed by atoms with Gasteiger partial charge in [0.05, 0.1) is 5.69 Å². The van der Waals surface area contributed by atoms with E-state index in [1.54, 1.807) is 6.07 Å². The number of para-hydroxylation sites is 1. The average Bonchev–Trinajstić information content (AvgIpc) is 2.59. The molecule has 4 nitrogen and oxygen atoms in total. The van der Waals surface area contributed by atoms with Crippen LogP contribution in [-0.4, -0.2) is 24.3 Å². The van der Waals surface area contributed by atoms with Gasteiger partial charge >= 0.3 is 11.6 Å². The Morgan fingerprint density at radius 3 is 2.59 bits per heavy atom. The monoisotopic (exact) mass is 399 g/mol. The number of anilines is 1. The van der Waals surface area contributed by atoms with E-state index >= 15 is 0 Å². The number of amides is 1. The first-order chi connectivity index (χ1) is 12.8. The highest BCUT2D eigenvalue weighted by Gasteiger charge is 2.30. The summed E-state index contributed by atoms with van der Waals surface area (Å²) >= 11 is -0.292. The van der Waals surface area contributed by atoms with E-state index in [-0.39, 0.29) is 29.0 Å². The van der Waals surface area contributed by atoms with E-state index in [2.05, 4.69) is 5.32 Å². The van der Waals surface area contributed by atoms with E-state index in [1.807, 2.05) is 32.0 Å². The summed E-state index contributed by atoms with van der Waals surface area (Å²) in [5.74, 6) is 0.657. The zero-order valence-corrected chi connectivity index (χ0v) is 15.7. The maximum atomic E-state index is 12.6. The van der Waals surface area contributed by atoms with Crippen LogP contribution in [0.25, 0.3) is 0 Å². The van der Waals surface area contributed by atoms with Crippen molar-refractivity contribution in [3.05, 3.63) is 54.1 Å². The second-order valence-corrected chi connectivity index (χ2v) is 6.84. The lowest BCUT2D eigenvalue weighted by molar-refractivity contribution is -0.0328. The summed E-state index contributed by atoms with van der Waals surface area (Å²) in [4.78, 5) is 12.0. The highest BCUT2D eigenvalue weighted by Crippen LogP contribution is 2.40. The molecule has 8 heteroatoms. The van der Waals surface area contributed by atoms with Crippen LogP contribution in [-0.2, 0) is 4.74 Å². The van der Waals surface area contributed by atoms with Gasteiger partial charge in [-0.1, -0.05) is 31.2 Å². The van der Waals surface area contributed by atoms with Crippen LogP contribution in [0.5, 0.6) is 5.75 Å². The van der Waals surface area contributed by atoms with E-state index in [0.717, 1.165) is 5.56 Å². The number of alkyl halides is 3. The van der Waals surface area contributed by atoms with Crippen molar-refractivity contribution in [3.8, 4) is 5.75 Å². The zero-order chi connectivity index (χ0) is 19.9. The molecule has 1 N–H and O–H groups in total. The maximum Gasteiger partial charge on any atom is 0.446 e. The number of hydrogen-bond donors (Lipinski definition) is 1. The Hall–Kier alpha value is -2.35. The molecule has 1 unspecified atom stereocenters. The number of ether oxygens (including phenoxy) is 2. The van der Waals surface area contributed by atoms with E-state index in [0.29, 0.717) is 12.2 Å². The smallest absolute Gasteiger partial charge is 0.446 e. The number of carbonyl (C=O) groups is 1. The van der Waals surface area contributed by atoms with Crippen LogP contribution in [0, 0.1) is 6.92 Å². The molecule has 0 radical (unpaired) electrons. The molecule has 0 heterocycles. The molecular weight excluding hydrogens is 379 g/mol. The summed E-state index contributed by atoms with van der Waals surface area (Å²) < 4.78 is 48.7. The maximum absolute atomic E-state index is 12.6. The Balaban J connectivity index is 1.93. The van der Waals surface area contributed by atoms with Gasteiger partial charge < -0.3 is 9.47 Å². The minimum atomic E-state index is -4.45. The van der Waals surface area contributed by atoms with Gasteiger partial charge in [-0.05, 0) is 54.9 Å². The molecule has 0 fully saturated rings. The zero-order valence-electron chi connectivity index (χ0n) is 14.9. The fraction of sp³-hybridized carbons (Fsp3) is 0.316. The third-order valence-corrected chi connectivity index (χ3v) is 4.31. The summed E-state index contributed by atoms with van der Waals surface area (Å²) in [5.41, 5.74) is -3.37. The number of rotatable bonds is 7. The summed E-state index contributed by atoms with van der Waals surface area (Å²) in [7, 11) is 0. The van der Waals surface area contributed by atoms with Crippen molar-refractivity contribution in [1.82, 2.24) is 0 Å². The van der Waals surface area contributed by atoms with Crippen molar-refractivity contribution in [2.24, 2.45) is 0 Å². The molecule has 1 atom stereocenters. The van der Waals surface area contributed by atoms with E-state index in [1.165, 1.54) is 24.3 Å².